The maximum Gasteiger partial charge on any atom is 0.360 e. The zero-order valence-electron chi connectivity index (χ0n) is 11.1. The Labute approximate surface area is 116 Å². The van der Waals surface area contributed by atoms with Crippen LogP contribution in [0, 0.1) is 0 Å². The van der Waals surface area contributed by atoms with Crippen molar-refractivity contribution in [1.82, 2.24) is 15.0 Å². The average Bonchev–Trinajstić information content (AvgIpc) is 2.89. The lowest BCUT2D eigenvalue weighted by atomic mass is 10.2. The Bertz CT molecular complexity index is 405. The Morgan fingerprint density at radius 1 is 1.53 bits per heavy atom. The van der Waals surface area contributed by atoms with Gasteiger partial charge in [-0.2, -0.15) is 11.8 Å². The van der Waals surface area contributed by atoms with Gasteiger partial charge < -0.3 is 9.47 Å². The zero-order chi connectivity index (χ0) is 13.5. The highest BCUT2D eigenvalue weighted by Crippen LogP contribution is 2.19. The number of esters is 1. The number of hydrogen-bond acceptors (Lipinski definition) is 6. The number of rotatable bonds is 6. The van der Waals surface area contributed by atoms with Crippen LogP contribution in [0.3, 0.4) is 0 Å². The molecule has 0 atom stereocenters. The van der Waals surface area contributed by atoms with E-state index in [2.05, 4.69) is 10.3 Å². The summed E-state index contributed by atoms with van der Waals surface area (Å²) in [5, 5.41) is 7.66. The van der Waals surface area contributed by atoms with Crippen molar-refractivity contribution in [2.45, 2.75) is 32.4 Å². The normalized spacial score (nSPS) is 16.5. The lowest BCUT2D eigenvalue weighted by Gasteiger charge is -2.21. The molecule has 0 amide bonds. The highest BCUT2D eigenvalue weighted by Gasteiger charge is 2.14. The fraction of sp³-hybridized carbons (Fsp3) is 0.750. The van der Waals surface area contributed by atoms with E-state index in [1.165, 1.54) is 11.5 Å². The summed E-state index contributed by atoms with van der Waals surface area (Å²) in [5.41, 5.74) is 0.246. The molecule has 106 valence electrons. The van der Waals surface area contributed by atoms with Crippen LogP contribution < -0.4 is 0 Å². The van der Waals surface area contributed by atoms with Gasteiger partial charge in [-0.25, -0.2) is 9.48 Å². The predicted octanol–water partition coefficient (Wildman–Crippen LogP) is 1.37. The minimum atomic E-state index is -0.432. The molecule has 1 aromatic heterocycles. The lowest BCUT2D eigenvalue weighted by Crippen LogP contribution is -2.21. The highest BCUT2D eigenvalue weighted by molar-refractivity contribution is 7.99. The smallest absolute Gasteiger partial charge is 0.360 e. The van der Waals surface area contributed by atoms with E-state index in [4.69, 9.17) is 9.47 Å². The van der Waals surface area contributed by atoms with Gasteiger partial charge in [0.05, 0.1) is 32.1 Å². The quantitative estimate of drug-likeness (QED) is 0.735. The summed E-state index contributed by atoms with van der Waals surface area (Å²) < 4.78 is 12.3. The van der Waals surface area contributed by atoms with E-state index in [1.54, 1.807) is 17.8 Å². The first kappa shape index (κ1) is 14.3. The van der Waals surface area contributed by atoms with Gasteiger partial charge in [0.1, 0.15) is 0 Å². The molecule has 2 rings (SSSR count). The topological polar surface area (TPSA) is 66.2 Å². The molecule has 0 saturated carbocycles. The van der Waals surface area contributed by atoms with Crippen LogP contribution in [-0.4, -0.2) is 51.8 Å². The zero-order valence-corrected chi connectivity index (χ0v) is 11.9. The molecular formula is C12H19N3O3S. The van der Waals surface area contributed by atoms with Crippen LogP contribution >= 0.6 is 11.8 Å². The second-order valence-corrected chi connectivity index (χ2v) is 5.49. The van der Waals surface area contributed by atoms with Crippen molar-refractivity contribution in [2.75, 3.05) is 24.7 Å². The van der Waals surface area contributed by atoms with Crippen LogP contribution in [0.15, 0.2) is 6.20 Å². The van der Waals surface area contributed by atoms with Crippen LogP contribution in [0.1, 0.15) is 30.3 Å². The minimum Gasteiger partial charge on any atom is -0.461 e. The molecule has 1 aliphatic rings. The van der Waals surface area contributed by atoms with E-state index >= 15 is 0 Å². The fourth-order valence-corrected chi connectivity index (χ4v) is 2.93. The molecule has 2 heterocycles. The molecule has 6 nitrogen and oxygen atoms in total. The summed E-state index contributed by atoms with van der Waals surface area (Å²) in [6.07, 6.45) is 4.21. The Kier molecular flexibility index (Phi) is 5.65. The summed E-state index contributed by atoms with van der Waals surface area (Å²) in [7, 11) is 0. The SMILES string of the molecule is CCOC(=O)c1cn(CCOC2CCSCC2)nn1. The third kappa shape index (κ3) is 4.50. The molecule has 0 spiro atoms. The molecule has 0 unspecified atom stereocenters. The van der Waals surface area contributed by atoms with E-state index in [-0.39, 0.29) is 5.69 Å². The molecule has 0 bridgehead atoms. The number of thioether (sulfide) groups is 1. The standard InChI is InChI=1S/C12H19N3O3S/c1-2-17-12(16)11-9-15(14-13-11)5-6-18-10-3-7-19-8-4-10/h9-10H,2-8H2,1H3. The first-order valence-electron chi connectivity index (χ1n) is 6.56. The maximum atomic E-state index is 11.4. The monoisotopic (exact) mass is 285 g/mol. The van der Waals surface area contributed by atoms with Crippen molar-refractivity contribution in [3.05, 3.63) is 11.9 Å². The Hall–Kier alpha value is -1.08. The molecule has 1 fully saturated rings. The van der Waals surface area contributed by atoms with Gasteiger partial charge in [-0.1, -0.05) is 5.21 Å². The van der Waals surface area contributed by atoms with E-state index in [9.17, 15) is 4.79 Å². The molecule has 1 aromatic rings. The second kappa shape index (κ2) is 7.49. The first-order valence-corrected chi connectivity index (χ1v) is 7.71. The number of carbonyl (C=O) groups excluding carboxylic acids is 1. The van der Waals surface area contributed by atoms with Crippen molar-refractivity contribution < 1.29 is 14.3 Å². The van der Waals surface area contributed by atoms with Crippen molar-refractivity contribution in [3.63, 3.8) is 0 Å². The molecule has 1 aliphatic heterocycles. The molecule has 1 saturated heterocycles. The first-order chi connectivity index (χ1) is 9.29. The molecular weight excluding hydrogens is 266 g/mol. The lowest BCUT2D eigenvalue weighted by molar-refractivity contribution is 0.0412. The molecule has 0 aromatic carbocycles. The summed E-state index contributed by atoms with van der Waals surface area (Å²) in [4.78, 5) is 11.4. The van der Waals surface area contributed by atoms with Gasteiger partial charge in [0.25, 0.3) is 0 Å². The number of ether oxygens (including phenoxy) is 2. The molecule has 0 N–H and O–H groups in total. The van der Waals surface area contributed by atoms with E-state index in [0.29, 0.717) is 25.9 Å². The summed E-state index contributed by atoms with van der Waals surface area (Å²) >= 11 is 1.98. The fourth-order valence-electron chi connectivity index (χ4n) is 1.86. The summed E-state index contributed by atoms with van der Waals surface area (Å²) in [6.45, 7) is 3.31. The number of carbonyl (C=O) groups is 1. The third-order valence-corrected chi connectivity index (χ3v) is 3.91. The van der Waals surface area contributed by atoms with Crippen LogP contribution in [0.2, 0.25) is 0 Å². The van der Waals surface area contributed by atoms with Crippen LogP contribution in [0.25, 0.3) is 0 Å². The largest absolute Gasteiger partial charge is 0.461 e. The average molecular weight is 285 g/mol. The van der Waals surface area contributed by atoms with E-state index < -0.39 is 5.97 Å². The maximum absolute atomic E-state index is 11.4. The van der Waals surface area contributed by atoms with Crippen molar-refractivity contribution in [3.8, 4) is 0 Å². The van der Waals surface area contributed by atoms with Gasteiger partial charge in [-0.15, -0.1) is 5.10 Å². The molecule has 0 aliphatic carbocycles. The van der Waals surface area contributed by atoms with Gasteiger partial charge in [0.2, 0.25) is 0 Å². The highest BCUT2D eigenvalue weighted by atomic mass is 32.2. The Morgan fingerprint density at radius 3 is 3.05 bits per heavy atom. The van der Waals surface area contributed by atoms with Crippen LogP contribution in [0.4, 0.5) is 0 Å². The van der Waals surface area contributed by atoms with Crippen molar-refractivity contribution in [1.29, 1.82) is 0 Å². The summed E-state index contributed by atoms with van der Waals surface area (Å²) in [6, 6.07) is 0. The Balaban J connectivity index is 1.72. The molecule has 7 heteroatoms. The number of hydrogen-bond donors (Lipinski definition) is 0. The predicted molar refractivity (Wildman–Crippen MR) is 72.3 cm³/mol. The van der Waals surface area contributed by atoms with Crippen molar-refractivity contribution >= 4 is 17.7 Å². The number of aromatic nitrogens is 3. The van der Waals surface area contributed by atoms with Gasteiger partial charge in [-0.05, 0) is 31.3 Å². The molecule has 0 radical (unpaired) electrons. The van der Waals surface area contributed by atoms with Gasteiger partial charge in [0, 0.05) is 0 Å². The number of nitrogens with zero attached hydrogens (tertiary/aromatic N) is 3. The van der Waals surface area contributed by atoms with Crippen LogP contribution in [0.5, 0.6) is 0 Å². The molecule has 19 heavy (non-hydrogen) atoms. The van der Waals surface area contributed by atoms with Gasteiger partial charge >= 0.3 is 5.97 Å². The van der Waals surface area contributed by atoms with E-state index in [1.807, 2.05) is 11.8 Å². The van der Waals surface area contributed by atoms with Crippen LogP contribution in [-0.2, 0) is 16.0 Å². The van der Waals surface area contributed by atoms with E-state index in [0.717, 1.165) is 12.8 Å². The third-order valence-electron chi connectivity index (χ3n) is 2.87. The van der Waals surface area contributed by atoms with Gasteiger partial charge in [-0.3, -0.25) is 0 Å². The van der Waals surface area contributed by atoms with Crippen molar-refractivity contribution in [2.24, 2.45) is 0 Å². The summed E-state index contributed by atoms with van der Waals surface area (Å²) in [5.74, 6) is 1.93. The Morgan fingerprint density at radius 2 is 2.32 bits per heavy atom. The second-order valence-electron chi connectivity index (χ2n) is 4.27. The minimum absolute atomic E-state index is 0.246. The van der Waals surface area contributed by atoms with Gasteiger partial charge in [0.15, 0.2) is 5.69 Å².